The van der Waals surface area contributed by atoms with Gasteiger partial charge in [0.2, 0.25) is 0 Å². The zero-order valence-electron chi connectivity index (χ0n) is 26.4. The van der Waals surface area contributed by atoms with Gasteiger partial charge in [-0.25, -0.2) is 10.3 Å². The number of hydroxylamine groups is 1. The number of benzene rings is 2. The molecule has 2 unspecified atom stereocenters. The summed E-state index contributed by atoms with van der Waals surface area (Å²) in [5.74, 6) is 4.28. The molecular weight excluding hydrogens is 578 g/mol. The van der Waals surface area contributed by atoms with Crippen molar-refractivity contribution in [2.24, 2.45) is 0 Å². The fraction of sp³-hybridized carbons (Fsp3) is 0.500. The van der Waals surface area contributed by atoms with E-state index in [9.17, 15) is 14.4 Å². The fourth-order valence-electron chi connectivity index (χ4n) is 5.06. The minimum atomic E-state index is -1.89. The Morgan fingerprint density at radius 3 is 2.02 bits per heavy atom. The molecule has 0 spiro atoms. The van der Waals surface area contributed by atoms with Crippen molar-refractivity contribution in [3.8, 4) is 11.8 Å². The number of carbonyl (C=O) groups excluding carboxylic acids is 3. The van der Waals surface area contributed by atoms with E-state index in [4.69, 9.17) is 23.8 Å². The number of amides is 3. The van der Waals surface area contributed by atoms with E-state index in [1.807, 2.05) is 24.3 Å². The molecule has 3 amide bonds. The zero-order valence-corrected chi connectivity index (χ0v) is 26.4. The molecule has 242 valence electrons. The van der Waals surface area contributed by atoms with Gasteiger partial charge < -0.3 is 29.2 Å². The lowest BCUT2D eigenvalue weighted by molar-refractivity contribution is -0.204. The van der Waals surface area contributed by atoms with E-state index in [2.05, 4.69) is 22.6 Å². The molecule has 11 nitrogen and oxygen atoms in total. The number of likely N-dealkylation sites (N-methyl/N-ethyl adjacent to an activating group) is 2. The third-order valence-electron chi connectivity index (χ3n) is 8.05. The van der Waals surface area contributed by atoms with Crippen LogP contribution in [0.25, 0.3) is 0 Å². The summed E-state index contributed by atoms with van der Waals surface area (Å²) in [6.07, 6.45) is 4.39. The number of nitrogens with zero attached hydrogens (tertiary/aromatic N) is 1. The summed E-state index contributed by atoms with van der Waals surface area (Å²) < 4.78 is 22.7. The second kappa shape index (κ2) is 16.5. The molecule has 2 saturated heterocycles. The van der Waals surface area contributed by atoms with Crippen molar-refractivity contribution in [2.45, 2.75) is 69.7 Å². The molecule has 11 heteroatoms. The lowest BCUT2D eigenvalue weighted by Crippen LogP contribution is -2.65. The van der Waals surface area contributed by atoms with Gasteiger partial charge in [0.05, 0.1) is 6.61 Å². The average molecular weight is 622 g/mol. The van der Waals surface area contributed by atoms with E-state index in [1.165, 1.54) is 21.0 Å². The van der Waals surface area contributed by atoms with Crippen molar-refractivity contribution in [3.63, 3.8) is 0 Å². The van der Waals surface area contributed by atoms with Gasteiger partial charge in [-0.15, -0.1) is 0 Å². The number of hydrogen-bond acceptors (Lipinski definition) is 8. The first-order chi connectivity index (χ1) is 21.8. The highest BCUT2D eigenvalue weighted by atomic mass is 16.8. The summed E-state index contributed by atoms with van der Waals surface area (Å²) in [5.41, 5.74) is 3.21. The first-order valence-electron chi connectivity index (χ1n) is 15.3. The molecule has 45 heavy (non-hydrogen) atoms. The van der Waals surface area contributed by atoms with Gasteiger partial charge in [0.1, 0.15) is 6.10 Å². The Hall–Kier alpha value is -3.79. The maximum absolute atomic E-state index is 13.4. The first-order valence-corrected chi connectivity index (χ1v) is 15.3. The molecule has 2 fully saturated rings. The van der Waals surface area contributed by atoms with Crippen LogP contribution in [0.5, 0.6) is 0 Å². The van der Waals surface area contributed by atoms with Gasteiger partial charge in [-0.3, -0.25) is 14.4 Å². The van der Waals surface area contributed by atoms with E-state index in [-0.39, 0.29) is 18.0 Å². The summed E-state index contributed by atoms with van der Waals surface area (Å²) in [7, 11) is 4.45. The Morgan fingerprint density at radius 1 is 0.911 bits per heavy atom. The second-order valence-corrected chi connectivity index (χ2v) is 11.2. The topological polar surface area (TPSA) is 125 Å². The molecule has 0 aliphatic carbocycles. The molecule has 4 atom stereocenters. The quantitative estimate of drug-likeness (QED) is 0.222. The van der Waals surface area contributed by atoms with Crippen molar-refractivity contribution in [2.75, 3.05) is 41.0 Å². The van der Waals surface area contributed by atoms with Gasteiger partial charge in [-0.1, -0.05) is 24.0 Å². The molecule has 2 aromatic rings. The van der Waals surface area contributed by atoms with Crippen LogP contribution in [0.15, 0.2) is 48.5 Å². The van der Waals surface area contributed by atoms with Gasteiger partial charge in [0, 0.05) is 57.5 Å². The highest BCUT2D eigenvalue weighted by Gasteiger charge is 2.47. The molecule has 2 heterocycles. The van der Waals surface area contributed by atoms with Crippen LogP contribution in [-0.4, -0.2) is 81.8 Å². The largest absolute Gasteiger partial charge is 0.382 e. The Labute approximate surface area is 264 Å². The standard InChI is InChI=1S/C34H43N3O8/c1-34(32(39)35-2,33(40)36-45-30-10-6-8-22-43-30)37(3)31(38)27-19-15-25(16-20-27)12-11-24-13-17-26(18-14-24)28(23-41-4)44-29-9-5-7-21-42-29/h13-20,28-30H,5-10,21-23H2,1-4H3,(H,35,39)(H,36,40)/t28-,29?,30?,34-/m0/s1. The summed E-state index contributed by atoms with van der Waals surface area (Å²) in [6.45, 7) is 3.02. The van der Waals surface area contributed by atoms with E-state index in [0.717, 1.165) is 48.1 Å². The van der Waals surface area contributed by atoms with Crippen molar-refractivity contribution < 1.29 is 38.2 Å². The number of ether oxygens (including phenoxy) is 4. The van der Waals surface area contributed by atoms with E-state index in [1.54, 1.807) is 31.4 Å². The van der Waals surface area contributed by atoms with Crippen molar-refractivity contribution in [3.05, 3.63) is 70.8 Å². The molecule has 0 saturated carbocycles. The van der Waals surface area contributed by atoms with Crippen LogP contribution in [0.3, 0.4) is 0 Å². The van der Waals surface area contributed by atoms with Crippen LogP contribution in [0.4, 0.5) is 0 Å². The van der Waals surface area contributed by atoms with Gasteiger partial charge in [0.25, 0.3) is 17.7 Å². The highest BCUT2D eigenvalue weighted by Crippen LogP contribution is 2.25. The SMILES string of the molecule is CNC(=O)[C@@](C)(C(=O)NOC1CCCCO1)N(C)C(=O)c1ccc(C#Cc2ccc([C@H](COC)OC3CCCCO3)cc2)cc1. The van der Waals surface area contributed by atoms with Crippen LogP contribution in [0.1, 0.15) is 78.6 Å². The van der Waals surface area contributed by atoms with E-state index < -0.39 is 29.6 Å². The van der Waals surface area contributed by atoms with E-state index in [0.29, 0.717) is 31.8 Å². The Kier molecular flexibility index (Phi) is 12.5. The molecule has 2 aromatic carbocycles. The van der Waals surface area contributed by atoms with Crippen LogP contribution in [0.2, 0.25) is 0 Å². The third-order valence-corrected chi connectivity index (χ3v) is 8.05. The van der Waals surface area contributed by atoms with Crippen molar-refractivity contribution in [1.29, 1.82) is 0 Å². The van der Waals surface area contributed by atoms with Crippen LogP contribution in [0, 0.1) is 11.8 Å². The molecule has 0 radical (unpaired) electrons. The smallest absolute Gasteiger partial charge is 0.279 e. The molecule has 2 N–H and O–H groups in total. The zero-order chi connectivity index (χ0) is 32.2. The highest BCUT2D eigenvalue weighted by molar-refractivity contribution is 6.12. The van der Waals surface area contributed by atoms with Crippen molar-refractivity contribution >= 4 is 17.7 Å². The Bertz CT molecular complexity index is 1340. The van der Waals surface area contributed by atoms with Gasteiger partial charge in [0.15, 0.2) is 18.1 Å². The Balaban J connectivity index is 1.39. The summed E-state index contributed by atoms with van der Waals surface area (Å²) in [5, 5.41) is 2.47. The minimum absolute atomic E-state index is 0.224. The lowest BCUT2D eigenvalue weighted by atomic mass is 9.96. The molecule has 4 rings (SSSR count). The summed E-state index contributed by atoms with van der Waals surface area (Å²) in [4.78, 5) is 45.9. The summed E-state index contributed by atoms with van der Waals surface area (Å²) in [6, 6.07) is 14.5. The lowest BCUT2D eigenvalue weighted by Gasteiger charge is -2.36. The maximum Gasteiger partial charge on any atom is 0.279 e. The van der Waals surface area contributed by atoms with Crippen LogP contribution < -0.4 is 10.8 Å². The van der Waals surface area contributed by atoms with Crippen LogP contribution >= 0.6 is 0 Å². The predicted octanol–water partition coefficient (Wildman–Crippen LogP) is 3.47. The fourth-order valence-corrected chi connectivity index (χ4v) is 5.06. The molecular formula is C34H43N3O8. The van der Waals surface area contributed by atoms with Crippen molar-refractivity contribution in [1.82, 2.24) is 15.7 Å². The third kappa shape index (κ3) is 8.90. The predicted molar refractivity (Wildman–Crippen MR) is 166 cm³/mol. The van der Waals surface area contributed by atoms with Gasteiger partial charge in [-0.2, -0.15) is 0 Å². The number of rotatable bonds is 11. The molecule has 0 aromatic heterocycles. The van der Waals surface area contributed by atoms with Crippen LogP contribution in [-0.2, 0) is 33.4 Å². The molecule has 2 aliphatic rings. The second-order valence-electron chi connectivity index (χ2n) is 11.2. The number of hydrogen-bond donors (Lipinski definition) is 2. The number of nitrogens with one attached hydrogen (secondary N) is 2. The maximum atomic E-state index is 13.4. The normalized spacial score (nSPS) is 20.1. The number of carbonyl (C=O) groups is 3. The first kappa shape index (κ1) is 34.1. The average Bonchev–Trinajstić information content (AvgIpc) is 3.09. The van der Waals surface area contributed by atoms with E-state index >= 15 is 0 Å². The monoisotopic (exact) mass is 621 g/mol. The van der Waals surface area contributed by atoms with Gasteiger partial charge in [-0.05, 0) is 81.0 Å². The minimum Gasteiger partial charge on any atom is -0.382 e. The molecule has 2 aliphatic heterocycles. The Morgan fingerprint density at radius 2 is 1.49 bits per heavy atom. The number of methoxy groups -OCH3 is 1. The summed E-state index contributed by atoms with van der Waals surface area (Å²) >= 11 is 0. The van der Waals surface area contributed by atoms with Gasteiger partial charge >= 0.3 is 0 Å². The molecule has 0 bridgehead atoms.